The van der Waals surface area contributed by atoms with Crippen LogP contribution in [-0.4, -0.2) is 30.9 Å². The van der Waals surface area contributed by atoms with E-state index in [1.807, 2.05) is 66.1 Å². The number of carbonyl (C=O) groups excluding carboxylic acids is 1. The van der Waals surface area contributed by atoms with Crippen molar-refractivity contribution in [3.63, 3.8) is 0 Å². The van der Waals surface area contributed by atoms with Crippen LogP contribution in [0.25, 0.3) is 22.0 Å². The van der Waals surface area contributed by atoms with Crippen LogP contribution < -0.4 is 5.32 Å². The molecule has 1 amide bonds. The minimum Gasteiger partial charge on any atom is -0.300 e. The number of rotatable bonds is 6. The summed E-state index contributed by atoms with van der Waals surface area (Å²) in [6, 6.07) is 17.7. The molecule has 0 atom stereocenters. The maximum atomic E-state index is 12.4. The summed E-state index contributed by atoms with van der Waals surface area (Å²) >= 11 is 6.68. The molecule has 0 radical (unpaired) electrons. The molecule has 0 aliphatic carbocycles. The molecule has 2 aromatic heterocycles. The maximum absolute atomic E-state index is 12.4. The molecule has 7 nitrogen and oxygen atoms in total. The molecule has 0 spiro atoms. The number of amides is 1. The normalized spacial score (nSPS) is 10.8. The van der Waals surface area contributed by atoms with E-state index in [1.165, 1.54) is 11.3 Å². The van der Waals surface area contributed by atoms with Gasteiger partial charge in [0.2, 0.25) is 11.0 Å². The molecule has 146 valence electrons. The molecule has 0 bridgehead atoms. The summed E-state index contributed by atoms with van der Waals surface area (Å²) in [5.74, 6) is 0.563. The standard InChI is InChI=1S/C20H18N6OS2/c1-13-6-5-9-15(12-13)17-22-25-20(28)26(17)11-10-16(27)21-19-24-23-18(29-19)14-7-3-2-4-8-14/h2-9,12H,10-11H2,1H3,(H,25,28)(H,21,24,27). The molecule has 9 heteroatoms. The van der Waals surface area contributed by atoms with Gasteiger partial charge in [0.05, 0.1) is 0 Å². The molecular weight excluding hydrogens is 404 g/mol. The van der Waals surface area contributed by atoms with Gasteiger partial charge in [0.25, 0.3) is 0 Å². The highest BCUT2D eigenvalue weighted by Crippen LogP contribution is 2.26. The third-order valence-electron chi connectivity index (χ3n) is 4.29. The lowest BCUT2D eigenvalue weighted by atomic mass is 10.1. The number of aromatic amines is 1. The first-order valence-electron chi connectivity index (χ1n) is 9.01. The zero-order valence-corrected chi connectivity index (χ0v) is 17.3. The lowest BCUT2D eigenvalue weighted by Gasteiger charge is -2.07. The van der Waals surface area contributed by atoms with E-state index in [0.29, 0.717) is 22.3 Å². The first-order valence-corrected chi connectivity index (χ1v) is 10.2. The van der Waals surface area contributed by atoms with E-state index in [0.717, 1.165) is 21.7 Å². The maximum Gasteiger partial charge on any atom is 0.227 e. The predicted molar refractivity (Wildman–Crippen MR) is 116 cm³/mol. The minimum atomic E-state index is -0.154. The highest BCUT2D eigenvalue weighted by Gasteiger charge is 2.13. The Labute approximate surface area is 176 Å². The van der Waals surface area contributed by atoms with Crippen molar-refractivity contribution in [3.05, 3.63) is 64.9 Å². The Bertz CT molecular complexity index is 1190. The summed E-state index contributed by atoms with van der Waals surface area (Å²) in [7, 11) is 0. The van der Waals surface area contributed by atoms with Gasteiger partial charge in [0.1, 0.15) is 5.01 Å². The van der Waals surface area contributed by atoms with Crippen molar-refractivity contribution in [2.45, 2.75) is 19.9 Å². The zero-order valence-electron chi connectivity index (χ0n) is 15.6. The predicted octanol–water partition coefficient (Wildman–Crippen LogP) is 4.46. The number of nitrogens with one attached hydrogen (secondary N) is 2. The number of aryl methyl sites for hydroxylation is 1. The van der Waals surface area contributed by atoms with Crippen LogP contribution in [0.1, 0.15) is 12.0 Å². The second-order valence-corrected chi connectivity index (χ2v) is 7.81. The van der Waals surface area contributed by atoms with E-state index in [1.54, 1.807) is 0 Å². The average molecular weight is 423 g/mol. The highest BCUT2D eigenvalue weighted by atomic mass is 32.1. The summed E-state index contributed by atoms with van der Waals surface area (Å²) in [5, 5.41) is 19.4. The number of hydrogen-bond donors (Lipinski definition) is 2. The topological polar surface area (TPSA) is 88.5 Å². The van der Waals surface area contributed by atoms with Gasteiger partial charge in [0.15, 0.2) is 10.6 Å². The van der Waals surface area contributed by atoms with E-state index in [-0.39, 0.29) is 12.3 Å². The van der Waals surface area contributed by atoms with Gasteiger partial charge in [-0.2, -0.15) is 5.10 Å². The van der Waals surface area contributed by atoms with Gasteiger partial charge in [-0.1, -0.05) is 65.4 Å². The van der Waals surface area contributed by atoms with Crippen LogP contribution in [0, 0.1) is 11.7 Å². The highest BCUT2D eigenvalue weighted by molar-refractivity contribution is 7.71. The van der Waals surface area contributed by atoms with E-state index in [4.69, 9.17) is 12.2 Å². The van der Waals surface area contributed by atoms with Crippen LogP contribution in [0.4, 0.5) is 5.13 Å². The number of benzene rings is 2. The summed E-state index contributed by atoms with van der Waals surface area (Å²) in [4.78, 5) is 12.4. The van der Waals surface area contributed by atoms with Crippen molar-refractivity contribution in [2.24, 2.45) is 0 Å². The van der Waals surface area contributed by atoms with Crippen LogP contribution >= 0.6 is 23.6 Å². The molecule has 0 aliphatic heterocycles. The number of carbonyl (C=O) groups is 1. The largest absolute Gasteiger partial charge is 0.300 e. The zero-order chi connectivity index (χ0) is 20.2. The average Bonchev–Trinajstić information content (AvgIpc) is 3.34. The fourth-order valence-electron chi connectivity index (χ4n) is 2.90. The van der Waals surface area contributed by atoms with Crippen LogP contribution in [-0.2, 0) is 11.3 Å². The molecule has 0 unspecified atom stereocenters. The monoisotopic (exact) mass is 422 g/mol. The lowest BCUT2D eigenvalue weighted by molar-refractivity contribution is -0.116. The Morgan fingerprint density at radius 1 is 1.14 bits per heavy atom. The smallest absolute Gasteiger partial charge is 0.227 e. The Morgan fingerprint density at radius 2 is 1.93 bits per heavy atom. The van der Waals surface area contributed by atoms with Crippen molar-refractivity contribution in [3.8, 4) is 22.0 Å². The van der Waals surface area contributed by atoms with Crippen molar-refractivity contribution < 1.29 is 4.79 Å². The van der Waals surface area contributed by atoms with E-state index < -0.39 is 0 Å². The van der Waals surface area contributed by atoms with E-state index in [2.05, 4.69) is 25.7 Å². The molecule has 2 heterocycles. The van der Waals surface area contributed by atoms with Crippen molar-refractivity contribution in [2.75, 3.05) is 5.32 Å². The summed E-state index contributed by atoms with van der Waals surface area (Å²) in [6.07, 6.45) is 0.243. The first kappa shape index (κ1) is 19.2. The number of aromatic nitrogens is 5. The molecule has 2 N–H and O–H groups in total. The molecule has 4 aromatic rings. The van der Waals surface area contributed by atoms with Crippen LogP contribution in [0.15, 0.2) is 54.6 Å². The van der Waals surface area contributed by atoms with Crippen LogP contribution in [0.3, 0.4) is 0 Å². The lowest BCUT2D eigenvalue weighted by Crippen LogP contribution is -2.15. The molecule has 2 aromatic carbocycles. The second-order valence-electron chi connectivity index (χ2n) is 6.45. The molecule has 0 saturated heterocycles. The summed E-state index contributed by atoms with van der Waals surface area (Å²) < 4.78 is 2.32. The van der Waals surface area contributed by atoms with Crippen LogP contribution in [0.2, 0.25) is 0 Å². The van der Waals surface area contributed by atoms with Gasteiger partial charge in [0, 0.05) is 24.1 Å². The Morgan fingerprint density at radius 3 is 2.72 bits per heavy atom. The summed E-state index contributed by atoms with van der Waals surface area (Å²) in [6.45, 7) is 2.43. The fourth-order valence-corrected chi connectivity index (χ4v) is 3.88. The molecule has 0 saturated carbocycles. The molecule has 29 heavy (non-hydrogen) atoms. The summed E-state index contributed by atoms with van der Waals surface area (Å²) in [5.41, 5.74) is 3.05. The van der Waals surface area contributed by atoms with E-state index >= 15 is 0 Å². The SMILES string of the molecule is Cc1cccc(-c2n[nH]c(=S)n2CCC(=O)Nc2nnc(-c3ccccc3)s2)c1. The van der Waals surface area contributed by atoms with Crippen molar-refractivity contribution >= 4 is 34.6 Å². The van der Waals surface area contributed by atoms with Gasteiger partial charge in [-0.15, -0.1) is 10.2 Å². The number of anilines is 1. The number of nitrogens with zero attached hydrogens (tertiary/aromatic N) is 4. The van der Waals surface area contributed by atoms with Crippen molar-refractivity contribution in [1.29, 1.82) is 0 Å². The van der Waals surface area contributed by atoms with Gasteiger partial charge in [-0.25, -0.2) is 0 Å². The van der Waals surface area contributed by atoms with Crippen LogP contribution in [0.5, 0.6) is 0 Å². The molecular formula is C20H18N6OS2. The molecule has 0 fully saturated rings. The minimum absolute atomic E-state index is 0.154. The Kier molecular flexibility index (Phi) is 5.59. The van der Waals surface area contributed by atoms with Gasteiger partial charge in [-0.3, -0.25) is 14.5 Å². The van der Waals surface area contributed by atoms with Gasteiger partial charge < -0.3 is 5.32 Å². The third-order valence-corrected chi connectivity index (χ3v) is 5.49. The van der Waals surface area contributed by atoms with Crippen molar-refractivity contribution in [1.82, 2.24) is 25.0 Å². The second kappa shape index (κ2) is 8.46. The first-order chi connectivity index (χ1) is 14.1. The molecule has 0 aliphatic rings. The number of hydrogen-bond acceptors (Lipinski definition) is 6. The fraction of sp³-hybridized carbons (Fsp3) is 0.150. The van der Waals surface area contributed by atoms with E-state index in [9.17, 15) is 4.79 Å². The quantitative estimate of drug-likeness (QED) is 0.448. The van der Waals surface area contributed by atoms with Gasteiger partial charge >= 0.3 is 0 Å². The Hall–Kier alpha value is -3.17. The van der Waals surface area contributed by atoms with Gasteiger partial charge in [-0.05, 0) is 25.2 Å². The Balaban J connectivity index is 1.43. The third kappa shape index (κ3) is 4.47. The molecule has 4 rings (SSSR count). The number of H-pyrrole nitrogens is 1.